The number of carbonyl (C=O) groups is 3. The zero-order valence-electron chi connectivity index (χ0n) is 13.5. The molecule has 2 aliphatic rings. The number of imide groups is 1. The number of hydrogen-bond acceptors (Lipinski definition) is 4. The monoisotopic (exact) mass is 355 g/mol. The van der Waals surface area contributed by atoms with Crippen LogP contribution in [0.2, 0.25) is 0 Å². The standard InChI is InChI=1S/C18H17N3O3S/c22-16-9-19-18(24)21(16)10-11-3-1-5-13(7-11)20-17(23)15-8-12-4-2-6-14(12)25-15/h1,3,5,7-8H,2,4,6,9-10H2,(H,19,24)(H,20,23). The van der Waals surface area contributed by atoms with Crippen LogP contribution in [-0.2, 0) is 24.2 Å². The summed E-state index contributed by atoms with van der Waals surface area (Å²) in [6.07, 6.45) is 3.29. The normalized spacial score (nSPS) is 16.1. The molecule has 0 spiro atoms. The van der Waals surface area contributed by atoms with E-state index in [0.717, 1.165) is 23.3 Å². The second kappa shape index (κ2) is 6.33. The number of anilines is 1. The molecule has 1 saturated heterocycles. The number of urea groups is 1. The van der Waals surface area contributed by atoms with Crippen LogP contribution in [0.4, 0.5) is 10.5 Å². The van der Waals surface area contributed by atoms with E-state index in [0.29, 0.717) is 5.69 Å². The van der Waals surface area contributed by atoms with Gasteiger partial charge in [-0.15, -0.1) is 11.3 Å². The van der Waals surface area contributed by atoms with Gasteiger partial charge in [-0.3, -0.25) is 14.5 Å². The molecule has 4 rings (SSSR count). The topological polar surface area (TPSA) is 78.5 Å². The van der Waals surface area contributed by atoms with Crippen molar-refractivity contribution in [3.63, 3.8) is 0 Å². The Labute approximate surface area is 148 Å². The molecule has 0 radical (unpaired) electrons. The number of fused-ring (bicyclic) bond motifs is 1. The highest BCUT2D eigenvalue weighted by Crippen LogP contribution is 2.31. The maximum atomic E-state index is 12.5. The second-order valence-electron chi connectivity index (χ2n) is 6.21. The largest absolute Gasteiger partial charge is 0.329 e. The van der Waals surface area contributed by atoms with Gasteiger partial charge >= 0.3 is 6.03 Å². The maximum Gasteiger partial charge on any atom is 0.324 e. The minimum atomic E-state index is -0.382. The Morgan fingerprint density at radius 2 is 2.12 bits per heavy atom. The number of nitrogens with one attached hydrogen (secondary N) is 2. The van der Waals surface area contributed by atoms with E-state index in [1.54, 1.807) is 29.5 Å². The zero-order chi connectivity index (χ0) is 17.4. The van der Waals surface area contributed by atoms with Crippen LogP contribution in [0.1, 0.15) is 32.1 Å². The fourth-order valence-corrected chi connectivity index (χ4v) is 4.33. The molecule has 0 bridgehead atoms. The first kappa shape index (κ1) is 15.8. The number of aryl methyl sites for hydroxylation is 2. The third-order valence-corrected chi connectivity index (χ3v) is 5.67. The quantitative estimate of drug-likeness (QED) is 0.828. The fraction of sp³-hybridized carbons (Fsp3) is 0.278. The first-order chi connectivity index (χ1) is 12.1. The Balaban J connectivity index is 1.46. The highest BCUT2D eigenvalue weighted by atomic mass is 32.1. The molecule has 2 heterocycles. The second-order valence-corrected chi connectivity index (χ2v) is 7.34. The number of hydrogen-bond donors (Lipinski definition) is 2. The molecule has 4 amide bonds. The number of carbonyl (C=O) groups excluding carboxylic acids is 3. The van der Waals surface area contributed by atoms with E-state index in [2.05, 4.69) is 10.6 Å². The molecule has 0 saturated carbocycles. The van der Waals surface area contributed by atoms with Crippen LogP contribution in [0.25, 0.3) is 0 Å². The van der Waals surface area contributed by atoms with Crippen LogP contribution in [-0.4, -0.2) is 29.3 Å². The van der Waals surface area contributed by atoms with Gasteiger partial charge in [0.15, 0.2) is 0 Å². The number of thiophene rings is 1. The van der Waals surface area contributed by atoms with Crippen molar-refractivity contribution in [2.24, 2.45) is 0 Å². The fourth-order valence-electron chi connectivity index (χ4n) is 3.18. The van der Waals surface area contributed by atoms with E-state index >= 15 is 0 Å². The molecule has 25 heavy (non-hydrogen) atoms. The number of nitrogens with zero attached hydrogens (tertiary/aromatic N) is 1. The molecule has 2 N–H and O–H groups in total. The molecule has 128 valence electrons. The van der Waals surface area contributed by atoms with Crippen LogP contribution in [0, 0.1) is 0 Å². The van der Waals surface area contributed by atoms with Crippen LogP contribution in [0.5, 0.6) is 0 Å². The van der Waals surface area contributed by atoms with Crippen LogP contribution >= 0.6 is 11.3 Å². The predicted octanol–water partition coefficient (Wildman–Crippen LogP) is 2.54. The van der Waals surface area contributed by atoms with Crippen molar-refractivity contribution in [1.82, 2.24) is 10.2 Å². The Hall–Kier alpha value is -2.67. The minimum absolute atomic E-state index is 0.0400. The molecule has 1 aliphatic carbocycles. The molecular weight excluding hydrogens is 338 g/mol. The molecule has 1 fully saturated rings. The molecule has 6 nitrogen and oxygen atoms in total. The molecule has 1 aromatic carbocycles. The van der Waals surface area contributed by atoms with Crippen molar-refractivity contribution in [3.05, 3.63) is 51.2 Å². The first-order valence-electron chi connectivity index (χ1n) is 8.20. The van der Waals surface area contributed by atoms with E-state index in [1.807, 2.05) is 12.1 Å². The van der Waals surface area contributed by atoms with Gasteiger partial charge in [-0.1, -0.05) is 12.1 Å². The highest BCUT2D eigenvalue weighted by molar-refractivity contribution is 7.14. The summed E-state index contributed by atoms with van der Waals surface area (Å²) in [6.45, 7) is 0.236. The maximum absolute atomic E-state index is 12.5. The zero-order valence-corrected chi connectivity index (χ0v) is 14.3. The summed E-state index contributed by atoms with van der Waals surface area (Å²) in [4.78, 5) is 39.0. The Morgan fingerprint density at radius 3 is 2.88 bits per heavy atom. The van der Waals surface area contributed by atoms with Gasteiger partial charge in [0.1, 0.15) is 0 Å². The third-order valence-electron chi connectivity index (χ3n) is 4.43. The van der Waals surface area contributed by atoms with E-state index in [-0.39, 0.29) is 30.9 Å². The summed E-state index contributed by atoms with van der Waals surface area (Å²) in [6, 6.07) is 8.82. The van der Waals surface area contributed by atoms with Gasteiger partial charge in [-0.25, -0.2) is 4.79 Å². The van der Waals surface area contributed by atoms with Crippen molar-refractivity contribution >= 4 is 34.9 Å². The van der Waals surface area contributed by atoms with E-state index in [4.69, 9.17) is 0 Å². The molecule has 2 aromatic rings. The summed E-state index contributed by atoms with van der Waals surface area (Å²) >= 11 is 1.56. The third kappa shape index (κ3) is 3.15. The molecule has 1 aromatic heterocycles. The lowest BCUT2D eigenvalue weighted by molar-refractivity contribution is -0.125. The number of amides is 4. The van der Waals surface area contributed by atoms with Gasteiger partial charge in [0.2, 0.25) is 5.91 Å². The minimum Gasteiger partial charge on any atom is -0.329 e. The molecule has 0 atom stereocenters. The highest BCUT2D eigenvalue weighted by Gasteiger charge is 2.28. The van der Waals surface area contributed by atoms with Crippen molar-refractivity contribution < 1.29 is 14.4 Å². The average Bonchev–Trinajstić information content (AvgIpc) is 3.26. The lowest BCUT2D eigenvalue weighted by Gasteiger charge is -2.13. The Bertz CT molecular complexity index is 837. The van der Waals surface area contributed by atoms with Crippen molar-refractivity contribution in [2.45, 2.75) is 25.8 Å². The predicted molar refractivity (Wildman–Crippen MR) is 94.7 cm³/mol. The van der Waals surface area contributed by atoms with Gasteiger partial charge in [0.05, 0.1) is 18.0 Å². The number of rotatable bonds is 4. The van der Waals surface area contributed by atoms with Crippen molar-refractivity contribution in [3.8, 4) is 0 Å². The summed E-state index contributed by atoms with van der Waals surface area (Å²) in [5.41, 5.74) is 2.74. The molecule has 7 heteroatoms. The number of benzene rings is 1. The lowest BCUT2D eigenvalue weighted by Crippen LogP contribution is -2.30. The van der Waals surface area contributed by atoms with E-state index in [1.165, 1.54) is 21.8 Å². The van der Waals surface area contributed by atoms with Gasteiger partial charge in [0.25, 0.3) is 5.91 Å². The molecular formula is C18H17N3O3S. The van der Waals surface area contributed by atoms with Gasteiger partial charge in [-0.2, -0.15) is 0 Å². The van der Waals surface area contributed by atoms with E-state index < -0.39 is 0 Å². The van der Waals surface area contributed by atoms with Crippen molar-refractivity contribution in [1.29, 1.82) is 0 Å². The summed E-state index contributed by atoms with van der Waals surface area (Å²) in [5, 5.41) is 5.40. The van der Waals surface area contributed by atoms with E-state index in [9.17, 15) is 14.4 Å². The molecule has 1 aliphatic heterocycles. The van der Waals surface area contributed by atoms with Crippen LogP contribution in [0.3, 0.4) is 0 Å². The summed E-state index contributed by atoms with van der Waals surface area (Å²) in [7, 11) is 0. The van der Waals surface area contributed by atoms with Gasteiger partial charge < -0.3 is 10.6 Å². The Morgan fingerprint density at radius 1 is 1.24 bits per heavy atom. The van der Waals surface area contributed by atoms with Crippen LogP contribution in [0.15, 0.2) is 30.3 Å². The summed E-state index contributed by atoms with van der Waals surface area (Å²) in [5.74, 6) is -0.362. The smallest absolute Gasteiger partial charge is 0.324 e. The van der Waals surface area contributed by atoms with Gasteiger partial charge in [-0.05, 0) is 48.6 Å². The SMILES string of the molecule is O=C(Nc1cccc(CN2C(=O)CNC2=O)c1)c1cc2c(s1)CCC2. The van der Waals surface area contributed by atoms with Gasteiger partial charge in [0, 0.05) is 10.6 Å². The molecule has 0 unspecified atom stereocenters. The average molecular weight is 355 g/mol. The lowest BCUT2D eigenvalue weighted by atomic mass is 10.2. The first-order valence-corrected chi connectivity index (χ1v) is 9.02. The Kier molecular flexibility index (Phi) is 4.01. The summed E-state index contributed by atoms with van der Waals surface area (Å²) < 4.78 is 0. The van der Waals surface area contributed by atoms with Crippen LogP contribution < -0.4 is 10.6 Å². The van der Waals surface area contributed by atoms with Crippen molar-refractivity contribution in [2.75, 3.05) is 11.9 Å².